The molecule has 0 saturated carbocycles. The highest BCUT2D eigenvalue weighted by Crippen LogP contribution is 2.39. The Kier molecular flexibility index (Phi) is 5.88. The minimum Gasteiger partial charge on any atom is -0.382 e. The molecule has 8 nitrogen and oxygen atoms in total. The maximum Gasteiger partial charge on any atom is 0.154 e. The number of aromatic nitrogens is 3. The number of halogens is 2. The van der Waals surface area contributed by atoms with Gasteiger partial charge in [-0.15, -0.1) is 0 Å². The quantitative estimate of drug-likeness (QED) is 0.497. The van der Waals surface area contributed by atoms with Gasteiger partial charge in [0.15, 0.2) is 5.82 Å². The van der Waals surface area contributed by atoms with E-state index in [-0.39, 0.29) is 33.6 Å². The van der Waals surface area contributed by atoms with E-state index in [1.54, 1.807) is 30.7 Å². The van der Waals surface area contributed by atoms with Gasteiger partial charge in [-0.25, -0.2) is 9.97 Å². The van der Waals surface area contributed by atoms with E-state index >= 15 is 0 Å². The van der Waals surface area contributed by atoms with Gasteiger partial charge >= 0.3 is 0 Å². The van der Waals surface area contributed by atoms with Crippen LogP contribution in [0.4, 0.5) is 11.6 Å². The lowest BCUT2D eigenvalue weighted by molar-refractivity contribution is 0.227. The first kappa shape index (κ1) is 21.5. The van der Waals surface area contributed by atoms with Gasteiger partial charge in [0.05, 0.1) is 27.6 Å². The number of nitrogens with zero attached hydrogens (tertiary/aromatic N) is 4. The maximum atomic E-state index is 8.48. The third-order valence-electron chi connectivity index (χ3n) is 6.15. The Balaban J connectivity index is 1.57. The number of anilines is 2. The Bertz CT molecular complexity index is 1110. The van der Waals surface area contributed by atoms with Crippen molar-refractivity contribution in [2.45, 2.75) is 18.8 Å². The minimum atomic E-state index is -0.242. The zero-order valence-corrected chi connectivity index (χ0v) is 18.5. The van der Waals surface area contributed by atoms with Crippen LogP contribution in [0.2, 0.25) is 10.0 Å². The maximum absolute atomic E-state index is 8.48. The normalized spacial score (nSPS) is 21.3. The number of nitrogens with one attached hydrogen (secondary N) is 1. The molecule has 10 heteroatoms. The van der Waals surface area contributed by atoms with E-state index in [1.807, 2.05) is 6.07 Å². The average molecular weight is 460 g/mol. The standard InChI is InChI=1S/C21H23Cl2N7O/c1-12-10-30(7-6-21(12,11-24)15-5-8-31-29-15)16-9-27-19(20(26)28-16)18(25)13-3-2-4-14(22)17(13)23/h2-5,8-9,12,25H,6-7,10-11,24H2,1H3,(H2,26,28). The molecule has 5 N–H and O–H groups in total. The van der Waals surface area contributed by atoms with Gasteiger partial charge in [-0.2, -0.15) is 0 Å². The summed E-state index contributed by atoms with van der Waals surface area (Å²) in [5.41, 5.74) is 13.8. The predicted molar refractivity (Wildman–Crippen MR) is 122 cm³/mol. The minimum absolute atomic E-state index is 0.0734. The van der Waals surface area contributed by atoms with Crippen molar-refractivity contribution in [1.29, 1.82) is 5.41 Å². The first-order chi connectivity index (χ1) is 14.9. The van der Waals surface area contributed by atoms with Crippen LogP contribution >= 0.6 is 23.2 Å². The SMILES string of the molecule is CC1CN(c2cnc(C(=N)c3cccc(Cl)c3Cl)c(N)n2)CCC1(CN)c1ccon1. The molecular weight excluding hydrogens is 437 g/mol. The molecule has 1 aliphatic heterocycles. The lowest BCUT2D eigenvalue weighted by atomic mass is 9.69. The second-order valence-electron chi connectivity index (χ2n) is 7.78. The number of rotatable bonds is 5. The summed E-state index contributed by atoms with van der Waals surface area (Å²) in [5, 5.41) is 13.3. The molecule has 2 aromatic heterocycles. The smallest absolute Gasteiger partial charge is 0.154 e. The zero-order chi connectivity index (χ0) is 22.2. The van der Waals surface area contributed by atoms with Gasteiger partial charge in [0.1, 0.15) is 17.8 Å². The molecule has 1 aliphatic rings. The van der Waals surface area contributed by atoms with Gasteiger partial charge in [0.25, 0.3) is 0 Å². The highest BCUT2D eigenvalue weighted by atomic mass is 35.5. The Morgan fingerprint density at radius 2 is 2.16 bits per heavy atom. The fraction of sp³-hybridized carbons (Fsp3) is 0.333. The summed E-state index contributed by atoms with van der Waals surface area (Å²) in [7, 11) is 0. The number of benzene rings is 1. The molecule has 2 atom stereocenters. The van der Waals surface area contributed by atoms with Crippen LogP contribution in [0, 0.1) is 11.3 Å². The molecule has 162 valence electrons. The van der Waals surface area contributed by atoms with Crippen LogP contribution in [-0.2, 0) is 5.41 Å². The number of piperidine rings is 1. The van der Waals surface area contributed by atoms with E-state index in [0.29, 0.717) is 22.9 Å². The van der Waals surface area contributed by atoms with Crippen molar-refractivity contribution >= 4 is 40.5 Å². The molecule has 3 aromatic rings. The molecule has 2 unspecified atom stereocenters. The lowest BCUT2D eigenvalue weighted by Crippen LogP contribution is -2.53. The fourth-order valence-corrected chi connectivity index (χ4v) is 4.60. The zero-order valence-electron chi connectivity index (χ0n) is 17.0. The molecule has 1 saturated heterocycles. The van der Waals surface area contributed by atoms with E-state index < -0.39 is 0 Å². The molecular formula is C21H23Cl2N7O. The van der Waals surface area contributed by atoms with E-state index in [0.717, 1.165) is 25.2 Å². The van der Waals surface area contributed by atoms with Gasteiger partial charge < -0.3 is 20.9 Å². The molecule has 31 heavy (non-hydrogen) atoms. The molecule has 0 aliphatic carbocycles. The van der Waals surface area contributed by atoms with Crippen LogP contribution in [0.1, 0.15) is 30.3 Å². The summed E-state index contributed by atoms with van der Waals surface area (Å²) in [5.74, 6) is 1.03. The van der Waals surface area contributed by atoms with E-state index in [4.69, 9.17) is 44.6 Å². The van der Waals surface area contributed by atoms with Crippen molar-refractivity contribution in [2.75, 3.05) is 30.3 Å². The van der Waals surface area contributed by atoms with Gasteiger partial charge in [-0.1, -0.05) is 47.4 Å². The lowest BCUT2D eigenvalue weighted by Gasteiger charge is -2.45. The number of hydrogen-bond acceptors (Lipinski definition) is 8. The molecule has 0 radical (unpaired) electrons. The van der Waals surface area contributed by atoms with Gasteiger partial charge in [-0.3, -0.25) is 5.41 Å². The Hall–Kier alpha value is -2.68. The van der Waals surface area contributed by atoms with E-state index in [2.05, 4.69) is 26.9 Å². The number of nitrogens with two attached hydrogens (primary N) is 2. The van der Waals surface area contributed by atoms with Crippen molar-refractivity contribution in [3.05, 3.63) is 63.7 Å². The molecule has 0 amide bonds. The van der Waals surface area contributed by atoms with Crippen molar-refractivity contribution < 1.29 is 4.52 Å². The van der Waals surface area contributed by atoms with Gasteiger partial charge in [0.2, 0.25) is 0 Å². The molecule has 0 bridgehead atoms. The molecule has 0 spiro atoms. The summed E-state index contributed by atoms with van der Waals surface area (Å²) < 4.78 is 5.06. The number of nitrogen functional groups attached to an aromatic ring is 1. The first-order valence-corrected chi connectivity index (χ1v) is 10.6. The second-order valence-corrected chi connectivity index (χ2v) is 8.57. The van der Waals surface area contributed by atoms with Crippen LogP contribution < -0.4 is 16.4 Å². The Labute approximate surface area is 190 Å². The summed E-state index contributed by atoms with van der Waals surface area (Å²) in [6, 6.07) is 6.98. The summed E-state index contributed by atoms with van der Waals surface area (Å²) >= 11 is 12.3. The van der Waals surface area contributed by atoms with Crippen molar-refractivity contribution in [3.63, 3.8) is 0 Å². The predicted octanol–water partition coefficient (Wildman–Crippen LogP) is 3.51. The monoisotopic (exact) mass is 459 g/mol. The van der Waals surface area contributed by atoms with Gasteiger partial charge in [0, 0.05) is 36.7 Å². The second kappa shape index (κ2) is 8.45. The summed E-state index contributed by atoms with van der Waals surface area (Å²) in [4.78, 5) is 11.1. The van der Waals surface area contributed by atoms with Crippen LogP contribution in [0.5, 0.6) is 0 Å². The third-order valence-corrected chi connectivity index (χ3v) is 6.96. The first-order valence-electron chi connectivity index (χ1n) is 9.89. The molecule has 1 aromatic carbocycles. The Morgan fingerprint density at radius 3 is 2.81 bits per heavy atom. The summed E-state index contributed by atoms with van der Waals surface area (Å²) in [6.45, 7) is 4.07. The molecule has 3 heterocycles. The van der Waals surface area contributed by atoms with Crippen molar-refractivity contribution in [1.82, 2.24) is 15.1 Å². The van der Waals surface area contributed by atoms with Crippen LogP contribution in [-0.4, -0.2) is 40.5 Å². The van der Waals surface area contributed by atoms with Crippen LogP contribution in [0.3, 0.4) is 0 Å². The number of hydrogen-bond donors (Lipinski definition) is 3. The van der Waals surface area contributed by atoms with Crippen LogP contribution in [0.25, 0.3) is 0 Å². The fourth-order valence-electron chi connectivity index (χ4n) is 4.21. The third kappa shape index (κ3) is 3.75. The summed E-state index contributed by atoms with van der Waals surface area (Å²) in [6.07, 6.45) is 4.02. The molecule has 4 rings (SSSR count). The van der Waals surface area contributed by atoms with Crippen molar-refractivity contribution in [2.24, 2.45) is 11.7 Å². The topological polar surface area (TPSA) is 131 Å². The van der Waals surface area contributed by atoms with Crippen molar-refractivity contribution in [3.8, 4) is 0 Å². The highest BCUT2D eigenvalue weighted by Gasteiger charge is 2.43. The highest BCUT2D eigenvalue weighted by molar-refractivity contribution is 6.44. The largest absolute Gasteiger partial charge is 0.382 e. The van der Waals surface area contributed by atoms with E-state index in [1.165, 1.54) is 0 Å². The Morgan fingerprint density at radius 1 is 1.35 bits per heavy atom. The molecule has 1 fully saturated rings. The van der Waals surface area contributed by atoms with Crippen LogP contribution in [0.15, 0.2) is 41.2 Å². The van der Waals surface area contributed by atoms with E-state index in [9.17, 15) is 0 Å². The average Bonchev–Trinajstić information content (AvgIpc) is 3.31. The van der Waals surface area contributed by atoms with Gasteiger partial charge in [-0.05, 0) is 18.4 Å².